The summed E-state index contributed by atoms with van der Waals surface area (Å²) in [4.78, 5) is 16.3. The Morgan fingerprint density at radius 1 is 1.61 bits per heavy atom. The minimum absolute atomic E-state index is 0.0473. The van der Waals surface area contributed by atoms with Crippen molar-refractivity contribution in [2.75, 3.05) is 6.54 Å². The number of nitrogens with zero attached hydrogens (tertiary/aromatic N) is 1. The summed E-state index contributed by atoms with van der Waals surface area (Å²) in [5, 5.41) is 5.83. The Bertz CT molecular complexity index is 399. The van der Waals surface area contributed by atoms with E-state index in [0.717, 1.165) is 11.4 Å². The second-order valence-electron chi connectivity index (χ2n) is 4.97. The minimum atomic E-state index is -0.0473. The van der Waals surface area contributed by atoms with Crippen LogP contribution in [0.25, 0.3) is 0 Å². The van der Waals surface area contributed by atoms with Gasteiger partial charge in [0.2, 0.25) is 0 Å². The van der Waals surface area contributed by atoms with Gasteiger partial charge in [-0.15, -0.1) is 11.3 Å². The van der Waals surface area contributed by atoms with Crippen molar-refractivity contribution in [1.82, 2.24) is 10.3 Å². The van der Waals surface area contributed by atoms with Gasteiger partial charge < -0.3 is 11.1 Å². The van der Waals surface area contributed by atoms with Crippen molar-refractivity contribution in [3.05, 3.63) is 16.1 Å². The van der Waals surface area contributed by atoms with E-state index in [1.54, 1.807) is 0 Å². The average Bonchev–Trinajstić information content (AvgIpc) is 3.00. The summed E-state index contributed by atoms with van der Waals surface area (Å²) in [5.74, 6) is 0.588. The van der Waals surface area contributed by atoms with Gasteiger partial charge in [-0.3, -0.25) is 4.79 Å². The highest BCUT2D eigenvalue weighted by Gasteiger charge is 2.23. The van der Waals surface area contributed by atoms with Crippen molar-refractivity contribution in [2.24, 2.45) is 11.7 Å². The molecule has 0 spiro atoms. The number of aromatic nitrogens is 1. The average molecular weight is 267 g/mol. The molecule has 1 unspecified atom stereocenters. The lowest BCUT2D eigenvalue weighted by Crippen LogP contribution is -2.37. The number of hydrogen-bond donors (Lipinski definition) is 2. The highest BCUT2D eigenvalue weighted by molar-refractivity contribution is 7.09. The van der Waals surface area contributed by atoms with E-state index < -0.39 is 0 Å². The first-order valence-electron chi connectivity index (χ1n) is 6.66. The van der Waals surface area contributed by atoms with Crippen LogP contribution in [-0.2, 0) is 6.42 Å². The summed E-state index contributed by atoms with van der Waals surface area (Å²) in [6.45, 7) is 2.67. The fraction of sp³-hybridized carbons (Fsp3) is 0.692. The van der Waals surface area contributed by atoms with Gasteiger partial charge >= 0.3 is 0 Å². The highest BCUT2D eigenvalue weighted by Crippen LogP contribution is 2.27. The summed E-state index contributed by atoms with van der Waals surface area (Å²) in [7, 11) is 0. The number of nitrogens with two attached hydrogens (primary N) is 1. The molecule has 100 valence electrons. The van der Waals surface area contributed by atoms with Crippen LogP contribution in [0.15, 0.2) is 5.38 Å². The molecular weight excluding hydrogens is 246 g/mol. The Kier molecular flexibility index (Phi) is 4.72. The van der Waals surface area contributed by atoms with Crippen LogP contribution in [0.5, 0.6) is 0 Å². The van der Waals surface area contributed by atoms with E-state index in [1.165, 1.54) is 37.0 Å². The third kappa shape index (κ3) is 3.29. The molecule has 3 N–H and O–H groups in total. The predicted molar refractivity (Wildman–Crippen MR) is 73.8 cm³/mol. The molecule has 5 heteroatoms. The molecule has 4 nitrogen and oxygen atoms in total. The van der Waals surface area contributed by atoms with Crippen molar-refractivity contribution in [3.63, 3.8) is 0 Å². The fourth-order valence-electron chi connectivity index (χ4n) is 2.51. The van der Waals surface area contributed by atoms with E-state index in [9.17, 15) is 4.79 Å². The third-order valence-corrected chi connectivity index (χ3v) is 4.52. The molecule has 1 aromatic heterocycles. The van der Waals surface area contributed by atoms with Crippen LogP contribution in [-0.4, -0.2) is 23.5 Å². The van der Waals surface area contributed by atoms with Gasteiger partial charge in [0.05, 0.1) is 5.01 Å². The molecule has 1 heterocycles. The fourth-order valence-corrected chi connectivity index (χ4v) is 3.30. The zero-order valence-electron chi connectivity index (χ0n) is 10.8. The maximum atomic E-state index is 12.0. The molecule has 0 saturated heterocycles. The molecule has 1 saturated carbocycles. The van der Waals surface area contributed by atoms with E-state index in [4.69, 9.17) is 5.73 Å². The number of nitrogens with one attached hydrogen (secondary N) is 1. The molecular formula is C13H21N3OS. The van der Waals surface area contributed by atoms with Crippen molar-refractivity contribution >= 4 is 17.2 Å². The van der Waals surface area contributed by atoms with Gasteiger partial charge in [0.15, 0.2) is 0 Å². The Labute approximate surface area is 112 Å². The topological polar surface area (TPSA) is 68.0 Å². The van der Waals surface area contributed by atoms with Crippen LogP contribution in [0.1, 0.15) is 48.1 Å². The van der Waals surface area contributed by atoms with Gasteiger partial charge in [0.1, 0.15) is 5.69 Å². The van der Waals surface area contributed by atoms with Gasteiger partial charge in [-0.2, -0.15) is 0 Å². The van der Waals surface area contributed by atoms with Gasteiger partial charge in [-0.25, -0.2) is 4.98 Å². The SMILES string of the molecule is CC(NC(=O)c1csc(CCN)n1)C1CCCC1. The molecule has 0 radical (unpaired) electrons. The number of thiazole rings is 1. The zero-order valence-corrected chi connectivity index (χ0v) is 11.6. The Morgan fingerprint density at radius 3 is 3.00 bits per heavy atom. The highest BCUT2D eigenvalue weighted by atomic mass is 32.1. The number of rotatable bonds is 5. The molecule has 1 amide bonds. The van der Waals surface area contributed by atoms with Crippen LogP contribution in [0.3, 0.4) is 0 Å². The van der Waals surface area contributed by atoms with Crippen LogP contribution in [0, 0.1) is 5.92 Å². The summed E-state index contributed by atoms with van der Waals surface area (Å²) < 4.78 is 0. The van der Waals surface area contributed by atoms with E-state index in [0.29, 0.717) is 18.2 Å². The maximum Gasteiger partial charge on any atom is 0.270 e. The van der Waals surface area contributed by atoms with Gasteiger partial charge in [0, 0.05) is 17.8 Å². The zero-order chi connectivity index (χ0) is 13.0. The molecule has 2 rings (SSSR count). The molecule has 1 aliphatic rings. The first-order chi connectivity index (χ1) is 8.70. The summed E-state index contributed by atoms with van der Waals surface area (Å²) in [6, 6.07) is 0.250. The lowest BCUT2D eigenvalue weighted by Gasteiger charge is -2.19. The maximum absolute atomic E-state index is 12.0. The summed E-state index contributed by atoms with van der Waals surface area (Å²) in [6.07, 6.45) is 5.80. The quantitative estimate of drug-likeness (QED) is 0.857. The molecule has 18 heavy (non-hydrogen) atoms. The van der Waals surface area contributed by atoms with Crippen LogP contribution < -0.4 is 11.1 Å². The molecule has 1 atom stereocenters. The van der Waals surface area contributed by atoms with Crippen LogP contribution in [0.4, 0.5) is 0 Å². The van der Waals surface area contributed by atoms with Crippen LogP contribution in [0.2, 0.25) is 0 Å². The molecule has 0 bridgehead atoms. The van der Waals surface area contributed by atoms with E-state index in [1.807, 2.05) is 5.38 Å². The molecule has 0 aliphatic heterocycles. The van der Waals surface area contributed by atoms with Crippen molar-refractivity contribution < 1.29 is 4.79 Å². The van der Waals surface area contributed by atoms with Crippen molar-refractivity contribution in [2.45, 2.75) is 45.1 Å². The lowest BCUT2D eigenvalue weighted by atomic mass is 10.00. The second kappa shape index (κ2) is 6.29. The smallest absolute Gasteiger partial charge is 0.270 e. The first-order valence-corrected chi connectivity index (χ1v) is 7.54. The number of hydrogen-bond acceptors (Lipinski definition) is 4. The summed E-state index contributed by atoms with van der Waals surface area (Å²) in [5.41, 5.74) is 6.01. The van der Waals surface area contributed by atoms with Gasteiger partial charge in [-0.1, -0.05) is 12.8 Å². The minimum Gasteiger partial charge on any atom is -0.348 e. The third-order valence-electron chi connectivity index (χ3n) is 3.61. The Hall–Kier alpha value is -0.940. The largest absolute Gasteiger partial charge is 0.348 e. The number of carbonyl (C=O) groups is 1. The van der Waals surface area contributed by atoms with E-state index in [-0.39, 0.29) is 11.9 Å². The Balaban J connectivity index is 1.89. The molecule has 1 aromatic rings. The number of amides is 1. The monoisotopic (exact) mass is 267 g/mol. The second-order valence-corrected chi connectivity index (χ2v) is 5.91. The number of carbonyl (C=O) groups excluding carboxylic acids is 1. The van der Waals surface area contributed by atoms with Gasteiger partial charge in [0.25, 0.3) is 5.91 Å². The van der Waals surface area contributed by atoms with E-state index >= 15 is 0 Å². The first kappa shape index (κ1) is 13.5. The molecule has 0 aromatic carbocycles. The van der Waals surface area contributed by atoms with Crippen molar-refractivity contribution in [1.29, 1.82) is 0 Å². The Morgan fingerprint density at radius 2 is 2.33 bits per heavy atom. The standard InChI is InChI=1S/C13H21N3OS/c1-9(10-4-2-3-5-10)15-13(17)11-8-18-12(16-11)6-7-14/h8-10H,2-7,14H2,1H3,(H,15,17). The lowest BCUT2D eigenvalue weighted by molar-refractivity contribution is 0.0922. The predicted octanol–water partition coefficient (Wildman–Crippen LogP) is 1.95. The van der Waals surface area contributed by atoms with E-state index in [2.05, 4.69) is 17.2 Å². The molecule has 1 aliphatic carbocycles. The summed E-state index contributed by atoms with van der Waals surface area (Å²) >= 11 is 1.51. The normalized spacial score (nSPS) is 17.9. The molecule has 1 fully saturated rings. The van der Waals surface area contributed by atoms with Crippen LogP contribution >= 0.6 is 11.3 Å². The van der Waals surface area contributed by atoms with Gasteiger partial charge in [-0.05, 0) is 32.2 Å². The van der Waals surface area contributed by atoms with Crippen molar-refractivity contribution in [3.8, 4) is 0 Å².